The number of ether oxygens (including phenoxy) is 4. The van der Waals surface area contributed by atoms with E-state index in [1.165, 1.54) is 11.0 Å². The van der Waals surface area contributed by atoms with E-state index in [2.05, 4.69) is 15.2 Å². The van der Waals surface area contributed by atoms with Crippen LogP contribution in [0.3, 0.4) is 0 Å². The van der Waals surface area contributed by atoms with Crippen molar-refractivity contribution in [2.24, 2.45) is 0 Å². The molecule has 1 amide bonds. The van der Waals surface area contributed by atoms with Gasteiger partial charge in [0.25, 0.3) is 0 Å². The number of aryl methyl sites for hydroxylation is 1. The Hall–Kier alpha value is -4.11. The lowest BCUT2D eigenvalue weighted by atomic mass is 10.1. The number of anilines is 1. The summed E-state index contributed by atoms with van der Waals surface area (Å²) in [4.78, 5) is 25.9. The van der Waals surface area contributed by atoms with Gasteiger partial charge in [-0.3, -0.25) is 4.79 Å². The van der Waals surface area contributed by atoms with Crippen molar-refractivity contribution in [2.75, 3.05) is 38.2 Å². The van der Waals surface area contributed by atoms with Gasteiger partial charge in [0.05, 0.1) is 24.7 Å². The average Bonchev–Trinajstić information content (AvgIpc) is 3.45. The summed E-state index contributed by atoms with van der Waals surface area (Å²) in [5, 5.41) is 18.1. The molecular formula is C35H46F4N4O7. The summed E-state index contributed by atoms with van der Waals surface area (Å²) in [6.45, 7) is 8.73. The van der Waals surface area contributed by atoms with Crippen molar-refractivity contribution in [3.63, 3.8) is 0 Å². The largest absolute Gasteiger partial charge is 0.573 e. The van der Waals surface area contributed by atoms with E-state index in [0.29, 0.717) is 50.3 Å². The molecule has 0 spiro atoms. The molecule has 1 atom stereocenters. The minimum Gasteiger partial charge on any atom is -0.481 e. The van der Waals surface area contributed by atoms with E-state index in [0.717, 1.165) is 41.9 Å². The van der Waals surface area contributed by atoms with Gasteiger partial charge in [-0.05, 0) is 94.2 Å². The van der Waals surface area contributed by atoms with Crippen LogP contribution in [0.4, 0.5) is 28.0 Å². The second kappa shape index (κ2) is 17.2. The Bertz CT molecular complexity index is 1600. The first-order valence-corrected chi connectivity index (χ1v) is 16.8. The normalized spacial score (nSPS) is 15.2. The van der Waals surface area contributed by atoms with Gasteiger partial charge < -0.3 is 34.3 Å². The number of rotatable bonds is 16. The van der Waals surface area contributed by atoms with Crippen molar-refractivity contribution >= 4 is 28.7 Å². The van der Waals surface area contributed by atoms with Crippen molar-refractivity contribution in [2.45, 2.75) is 97.4 Å². The van der Waals surface area contributed by atoms with Crippen LogP contribution in [-0.2, 0) is 38.4 Å². The van der Waals surface area contributed by atoms with Crippen molar-refractivity contribution in [1.29, 1.82) is 0 Å². The topological polar surface area (TPSA) is 124 Å². The summed E-state index contributed by atoms with van der Waals surface area (Å²) in [5.41, 5.74) is 1.73. The fraction of sp³-hybridized carbons (Fsp3) is 0.571. The first-order chi connectivity index (χ1) is 23.6. The van der Waals surface area contributed by atoms with Crippen LogP contribution in [-0.4, -0.2) is 76.7 Å². The third-order valence-corrected chi connectivity index (χ3v) is 7.89. The number of hydrogen-bond acceptors (Lipinski definition) is 8. The maximum Gasteiger partial charge on any atom is 0.573 e. The third-order valence-electron chi connectivity index (χ3n) is 7.89. The molecule has 1 aliphatic rings. The molecular weight excluding hydrogens is 664 g/mol. The van der Waals surface area contributed by atoms with Crippen LogP contribution in [0.2, 0.25) is 0 Å². The van der Waals surface area contributed by atoms with E-state index < -0.39 is 35.6 Å². The standard InChI is InChI=1S/C35H46F4N4O7/c1-5-25-16-24(17-27(36)32(25)49-35(37,38)39)22-42(33(46)50-34(2,3)4)12-7-9-13-47-15-11-40-28-18-23(20-31(44)45)19-29-26(28)21-41-43(29)30-10-6-8-14-48-30/h16-19,21,30,40H,5-15,20,22H2,1-4H3,(H,44,45). The highest BCUT2D eigenvalue weighted by molar-refractivity contribution is 5.93. The molecule has 50 heavy (non-hydrogen) atoms. The van der Waals surface area contributed by atoms with Gasteiger partial charge in [-0.15, -0.1) is 13.2 Å². The minimum absolute atomic E-state index is 0.0323. The number of benzene rings is 2. The number of halogens is 4. The second-order valence-corrected chi connectivity index (χ2v) is 13.2. The highest BCUT2D eigenvalue weighted by Gasteiger charge is 2.34. The van der Waals surface area contributed by atoms with Crippen LogP contribution in [0.5, 0.6) is 5.75 Å². The highest BCUT2D eigenvalue weighted by atomic mass is 19.4. The monoisotopic (exact) mass is 710 g/mol. The van der Waals surface area contributed by atoms with Crippen LogP contribution in [0, 0.1) is 5.82 Å². The number of carboxylic acid groups (broad SMARTS) is 1. The van der Waals surface area contributed by atoms with Gasteiger partial charge in [-0.1, -0.05) is 13.0 Å². The van der Waals surface area contributed by atoms with Crippen LogP contribution in [0.15, 0.2) is 30.5 Å². The number of unbranched alkanes of at least 4 members (excludes halogenated alkanes) is 1. The number of nitrogens with zero attached hydrogens (tertiary/aromatic N) is 3. The molecule has 15 heteroatoms. The van der Waals surface area contributed by atoms with Crippen molar-refractivity contribution in [1.82, 2.24) is 14.7 Å². The van der Waals surface area contributed by atoms with Crippen molar-refractivity contribution < 1.29 is 51.2 Å². The zero-order chi connectivity index (χ0) is 36.5. The van der Waals surface area contributed by atoms with E-state index in [9.17, 15) is 32.3 Å². The Labute approximate surface area is 288 Å². The Morgan fingerprint density at radius 2 is 1.88 bits per heavy atom. The molecule has 2 heterocycles. The van der Waals surface area contributed by atoms with E-state index in [-0.39, 0.29) is 37.7 Å². The molecule has 1 aromatic heterocycles. The number of carbonyl (C=O) groups excluding carboxylic acids is 1. The summed E-state index contributed by atoms with van der Waals surface area (Å²) < 4.78 is 76.2. The molecule has 1 saturated heterocycles. The van der Waals surface area contributed by atoms with Crippen LogP contribution >= 0.6 is 0 Å². The van der Waals surface area contributed by atoms with E-state index in [1.54, 1.807) is 33.9 Å². The fourth-order valence-corrected chi connectivity index (χ4v) is 5.72. The zero-order valence-corrected chi connectivity index (χ0v) is 28.9. The molecule has 276 valence electrons. The van der Waals surface area contributed by atoms with E-state index in [1.807, 2.05) is 16.8 Å². The Balaban J connectivity index is 1.31. The summed E-state index contributed by atoms with van der Waals surface area (Å²) >= 11 is 0. The quantitative estimate of drug-likeness (QED) is 0.114. The lowest BCUT2D eigenvalue weighted by molar-refractivity contribution is -0.275. The zero-order valence-electron chi connectivity index (χ0n) is 28.9. The van der Waals surface area contributed by atoms with Crippen molar-refractivity contribution in [3.05, 3.63) is 53.0 Å². The number of amides is 1. The average molecular weight is 711 g/mol. The van der Waals surface area contributed by atoms with Crippen LogP contribution < -0.4 is 10.1 Å². The molecule has 4 rings (SSSR count). The maximum atomic E-state index is 14.7. The van der Waals surface area contributed by atoms with Gasteiger partial charge in [-0.25, -0.2) is 13.9 Å². The highest BCUT2D eigenvalue weighted by Crippen LogP contribution is 2.33. The molecule has 0 radical (unpaired) electrons. The van der Waals surface area contributed by atoms with Crippen LogP contribution in [0.25, 0.3) is 10.9 Å². The first-order valence-electron chi connectivity index (χ1n) is 16.8. The molecule has 0 bridgehead atoms. The SMILES string of the molecule is CCc1cc(CN(CCCCOCCNc2cc(CC(=O)O)cc3c2cnn3C2CCCCO2)C(=O)OC(C)(C)C)cc(F)c1OC(F)(F)F. The summed E-state index contributed by atoms with van der Waals surface area (Å²) in [7, 11) is 0. The number of hydrogen-bond donors (Lipinski definition) is 2. The molecule has 0 saturated carbocycles. The smallest absolute Gasteiger partial charge is 0.481 e. The lowest BCUT2D eigenvalue weighted by Gasteiger charge is -2.28. The number of carboxylic acids is 1. The number of aromatic nitrogens is 2. The Kier molecular flexibility index (Phi) is 13.3. The number of alkyl halides is 3. The predicted molar refractivity (Wildman–Crippen MR) is 178 cm³/mol. The summed E-state index contributed by atoms with van der Waals surface area (Å²) in [5.74, 6) is -2.97. The molecule has 2 aromatic carbocycles. The van der Waals surface area contributed by atoms with Gasteiger partial charge in [0.1, 0.15) is 5.60 Å². The van der Waals surface area contributed by atoms with Gasteiger partial charge in [0, 0.05) is 43.9 Å². The Morgan fingerprint density at radius 3 is 2.54 bits per heavy atom. The van der Waals surface area contributed by atoms with Gasteiger partial charge in [0.2, 0.25) is 0 Å². The molecule has 1 aliphatic heterocycles. The first kappa shape index (κ1) is 38.7. The minimum atomic E-state index is -5.04. The molecule has 1 unspecified atom stereocenters. The van der Waals surface area contributed by atoms with E-state index in [4.69, 9.17) is 14.2 Å². The summed E-state index contributed by atoms with van der Waals surface area (Å²) in [6.07, 6.45) is -0.208. The molecule has 1 fully saturated rings. The van der Waals surface area contributed by atoms with Crippen LogP contribution in [0.1, 0.15) is 82.7 Å². The second-order valence-electron chi connectivity index (χ2n) is 13.2. The van der Waals surface area contributed by atoms with Crippen molar-refractivity contribution in [3.8, 4) is 5.75 Å². The third kappa shape index (κ3) is 11.5. The fourth-order valence-electron chi connectivity index (χ4n) is 5.72. The predicted octanol–water partition coefficient (Wildman–Crippen LogP) is 7.61. The summed E-state index contributed by atoms with van der Waals surface area (Å²) in [6, 6.07) is 5.99. The molecule has 0 aliphatic carbocycles. The number of fused-ring (bicyclic) bond motifs is 1. The van der Waals surface area contributed by atoms with E-state index >= 15 is 0 Å². The van der Waals surface area contributed by atoms with Gasteiger partial charge >= 0.3 is 18.4 Å². The van der Waals surface area contributed by atoms with Gasteiger partial charge in [0.15, 0.2) is 17.8 Å². The molecule has 3 aromatic rings. The maximum absolute atomic E-state index is 14.7. The number of nitrogens with one attached hydrogen (secondary N) is 1. The number of carbonyl (C=O) groups is 2. The lowest BCUT2D eigenvalue weighted by Crippen LogP contribution is -2.37. The Morgan fingerprint density at radius 1 is 1.10 bits per heavy atom. The number of aliphatic carboxylic acids is 1. The van der Waals surface area contributed by atoms with Gasteiger partial charge in [-0.2, -0.15) is 5.10 Å². The molecule has 11 nitrogen and oxygen atoms in total. The molecule has 2 N–H and O–H groups in total.